The van der Waals surface area contributed by atoms with E-state index in [1.54, 1.807) is 24.3 Å². The van der Waals surface area contributed by atoms with Crippen molar-refractivity contribution in [2.45, 2.75) is 6.61 Å². The molecule has 8 nitrogen and oxygen atoms in total. The summed E-state index contributed by atoms with van der Waals surface area (Å²) in [5.74, 6) is -2.28. The molecule has 36 heavy (non-hydrogen) atoms. The minimum absolute atomic E-state index is 0.158. The lowest BCUT2D eigenvalue weighted by Crippen LogP contribution is -2.54. The van der Waals surface area contributed by atoms with E-state index >= 15 is 0 Å². The highest BCUT2D eigenvalue weighted by atomic mass is 35.5. The van der Waals surface area contributed by atoms with Crippen LogP contribution in [0.5, 0.6) is 5.75 Å². The van der Waals surface area contributed by atoms with E-state index in [1.807, 2.05) is 0 Å². The summed E-state index contributed by atoms with van der Waals surface area (Å²) in [4.78, 5) is 50.3. The Hall–Kier alpha value is -4.50. The topological polar surface area (TPSA) is 102 Å². The number of barbiturate groups is 1. The zero-order chi connectivity index (χ0) is 25.8. The molecular formula is C26H18ClFN2O6. The van der Waals surface area contributed by atoms with E-state index in [1.165, 1.54) is 55.7 Å². The highest BCUT2D eigenvalue weighted by Crippen LogP contribution is 2.28. The van der Waals surface area contributed by atoms with Crippen LogP contribution < -0.4 is 15.0 Å². The van der Waals surface area contributed by atoms with Crippen molar-refractivity contribution in [3.8, 4) is 5.75 Å². The van der Waals surface area contributed by atoms with E-state index in [4.69, 9.17) is 16.3 Å². The Morgan fingerprint density at radius 1 is 1.03 bits per heavy atom. The number of amides is 4. The molecule has 10 heteroatoms. The fraction of sp³-hybridized carbons (Fsp3) is 0.0769. The zero-order valence-electron chi connectivity index (χ0n) is 18.8. The van der Waals surface area contributed by atoms with Gasteiger partial charge in [0.1, 0.15) is 23.7 Å². The van der Waals surface area contributed by atoms with Gasteiger partial charge in [-0.2, -0.15) is 0 Å². The van der Waals surface area contributed by atoms with Crippen LogP contribution in [0.4, 0.5) is 14.9 Å². The minimum atomic E-state index is -0.921. The summed E-state index contributed by atoms with van der Waals surface area (Å²) in [6, 6.07) is 15.1. The average molecular weight is 509 g/mol. The molecule has 0 aromatic heterocycles. The fourth-order valence-corrected chi connectivity index (χ4v) is 3.63. The first-order valence-electron chi connectivity index (χ1n) is 10.5. The number of halogens is 2. The van der Waals surface area contributed by atoms with E-state index in [0.717, 1.165) is 10.5 Å². The molecule has 1 fully saturated rings. The number of methoxy groups -OCH3 is 1. The molecule has 1 heterocycles. The second-order valence-electron chi connectivity index (χ2n) is 7.60. The smallest absolute Gasteiger partial charge is 0.337 e. The SMILES string of the molecule is COC(=O)c1ccc(N2C(=O)NC(=O)/C(=C\c3ccc(OCc4ccc(F)cc4)c(Cl)c3)C2=O)cc1. The van der Waals surface area contributed by atoms with Gasteiger partial charge in [0.15, 0.2) is 0 Å². The molecule has 1 saturated heterocycles. The number of hydrogen-bond donors (Lipinski definition) is 1. The molecule has 182 valence electrons. The van der Waals surface area contributed by atoms with Crippen molar-refractivity contribution in [2.75, 3.05) is 12.0 Å². The average Bonchev–Trinajstić information content (AvgIpc) is 2.87. The van der Waals surface area contributed by atoms with Gasteiger partial charge in [-0.25, -0.2) is 18.9 Å². The van der Waals surface area contributed by atoms with Crippen LogP contribution in [0.1, 0.15) is 21.5 Å². The molecule has 0 bridgehead atoms. The highest BCUT2D eigenvalue weighted by Gasteiger charge is 2.36. The first-order valence-corrected chi connectivity index (χ1v) is 10.9. The third kappa shape index (κ3) is 5.26. The molecule has 1 aliphatic heterocycles. The van der Waals surface area contributed by atoms with Crippen molar-refractivity contribution < 1.29 is 33.0 Å². The predicted octanol–water partition coefficient (Wildman–Crippen LogP) is 4.51. The molecule has 0 aliphatic carbocycles. The largest absolute Gasteiger partial charge is 0.487 e. The van der Waals surface area contributed by atoms with Gasteiger partial charge < -0.3 is 9.47 Å². The number of imide groups is 2. The number of benzene rings is 3. The molecule has 4 rings (SSSR count). The minimum Gasteiger partial charge on any atom is -0.487 e. The summed E-state index contributed by atoms with van der Waals surface area (Å²) in [7, 11) is 1.23. The van der Waals surface area contributed by atoms with Crippen molar-refractivity contribution in [2.24, 2.45) is 0 Å². The summed E-state index contributed by atoms with van der Waals surface area (Å²) in [6.07, 6.45) is 1.30. The van der Waals surface area contributed by atoms with Gasteiger partial charge in [-0.1, -0.05) is 29.8 Å². The third-order valence-electron chi connectivity index (χ3n) is 5.22. The third-order valence-corrected chi connectivity index (χ3v) is 5.52. The summed E-state index contributed by atoms with van der Waals surface area (Å²) in [5.41, 5.74) is 1.26. The van der Waals surface area contributed by atoms with Gasteiger partial charge in [-0.05, 0) is 65.7 Å². The Labute approximate surface area is 209 Å². The number of carbonyl (C=O) groups excluding carboxylic acids is 4. The predicted molar refractivity (Wildman–Crippen MR) is 129 cm³/mol. The van der Waals surface area contributed by atoms with Gasteiger partial charge in [0.05, 0.1) is 23.4 Å². The standard InChI is InChI=1S/C26H18ClFN2O6/c1-35-25(33)17-5-9-19(10-6-17)30-24(32)20(23(31)29-26(30)34)12-16-4-11-22(21(27)13-16)36-14-15-2-7-18(28)8-3-15/h2-13H,14H2,1H3,(H,29,31,34)/b20-12+. The number of rotatable bonds is 6. The van der Waals surface area contributed by atoms with Crippen molar-refractivity contribution in [3.63, 3.8) is 0 Å². The second kappa shape index (κ2) is 10.4. The molecule has 1 aliphatic rings. The number of anilines is 1. The normalized spacial score (nSPS) is 14.6. The lowest BCUT2D eigenvalue weighted by atomic mass is 10.1. The lowest BCUT2D eigenvalue weighted by molar-refractivity contribution is -0.122. The number of hydrogen-bond acceptors (Lipinski definition) is 6. The Bertz CT molecular complexity index is 1390. The molecule has 0 unspecified atom stereocenters. The Morgan fingerprint density at radius 2 is 1.72 bits per heavy atom. The first-order chi connectivity index (χ1) is 17.3. The summed E-state index contributed by atoms with van der Waals surface area (Å²) >= 11 is 6.31. The van der Waals surface area contributed by atoms with Crippen LogP contribution in [0.3, 0.4) is 0 Å². The van der Waals surface area contributed by atoms with Crippen LogP contribution in [-0.4, -0.2) is 30.9 Å². The lowest BCUT2D eigenvalue weighted by Gasteiger charge is -2.26. The van der Waals surface area contributed by atoms with E-state index in [-0.39, 0.29) is 34.3 Å². The summed E-state index contributed by atoms with van der Waals surface area (Å²) < 4.78 is 23.4. The molecule has 0 atom stereocenters. The second-order valence-corrected chi connectivity index (χ2v) is 8.01. The Morgan fingerprint density at radius 3 is 2.36 bits per heavy atom. The number of esters is 1. The number of nitrogens with one attached hydrogen (secondary N) is 1. The molecular weight excluding hydrogens is 491 g/mol. The van der Waals surface area contributed by atoms with Gasteiger partial charge >= 0.3 is 12.0 Å². The molecule has 4 amide bonds. The van der Waals surface area contributed by atoms with Crippen LogP contribution in [-0.2, 0) is 20.9 Å². The number of urea groups is 1. The molecule has 1 N–H and O–H groups in total. The van der Waals surface area contributed by atoms with Crippen molar-refractivity contribution >= 4 is 47.2 Å². The van der Waals surface area contributed by atoms with Crippen LogP contribution in [0.25, 0.3) is 6.08 Å². The Kier molecular flexibility index (Phi) is 7.12. The van der Waals surface area contributed by atoms with E-state index in [2.05, 4.69) is 10.1 Å². The van der Waals surface area contributed by atoms with Crippen molar-refractivity contribution in [1.29, 1.82) is 0 Å². The maximum Gasteiger partial charge on any atom is 0.337 e. The quantitative estimate of drug-likeness (QED) is 0.298. The van der Waals surface area contributed by atoms with Crippen LogP contribution in [0.15, 0.2) is 72.3 Å². The van der Waals surface area contributed by atoms with E-state index < -0.39 is 23.8 Å². The number of nitrogens with zero attached hydrogens (tertiary/aromatic N) is 1. The first kappa shape index (κ1) is 24.6. The van der Waals surface area contributed by atoms with Gasteiger partial charge in [0, 0.05) is 0 Å². The maximum atomic E-state index is 13.1. The fourth-order valence-electron chi connectivity index (χ4n) is 3.39. The van der Waals surface area contributed by atoms with Gasteiger partial charge in [0.25, 0.3) is 11.8 Å². The number of carbonyl (C=O) groups is 4. The van der Waals surface area contributed by atoms with Crippen molar-refractivity contribution in [1.82, 2.24) is 5.32 Å². The van der Waals surface area contributed by atoms with E-state index in [9.17, 15) is 23.6 Å². The van der Waals surface area contributed by atoms with Crippen LogP contribution in [0, 0.1) is 5.82 Å². The molecule has 3 aromatic carbocycles. The van der Waals surface area contributed by atoms with E-state index in [0.29, 0.717) is 11.3 Å². The summed E-state index contributed by atoms with van der Waals surface area (Å²) in [6.45, 7) is 0.160. The maximum absolute atomic E-state index is 13.1. The monoisotopic (exact) mass is 508 g/mol. The van der Waals surface area contributed by atoms with Gasteiger partial charge in [0.2, 0.25) is 0 Å². The van der Waals surface area contributed by atoms with Crippen molar-refractivity contribution in [3.05, 3.63) is 99.8 Å². The molecule has 0 spiro atoms. The van der Waals surface area contributed by atoms with Gasteiger partial charge in [-0.3, -0.25) is 14.9 Å². The highest BCUT2D eigenvalue weighted by molar-refractivity contribution is 6.39. The Balaban J connectivity index is 1.54. The van der Waals surface area contributed by atoms with Crippen LogP contribution >= 0.6 is 11.6 Å². The molecule has 3 aromatic rings. The number of ether oxygens (including phenoxy) is 2. The van der Waals surface area contributed by atoms with Gasteiger partial charge in [-0.15, -0.1) is 0 Å². The van der Waals surface area contributed by atoms with Crippen LogP contribution in [0.2, 0.25) is 5.02 Å². The zero-order valence-corrected chi connectivity index (χ0v) is 19.5. The molecule has 0 saturated carbocycles. The molecule has 0 radical (unpaired) electrons. The summed E-state index contributed by atoms with van der Waals surface area (Å²) in [5, 5.41) is 2.35.